The molecule has 508 valence electrons. The van der Waals surface area contributed by atoms with Crippen LogP contribution in [-0.2, 0) is 75.9 Å². The van der Waals surface area contributed by atoms with Gasteiger partial charge in [-0.05, 0) is 96.6 Å². The second-order valence-electron chi connectivity index (χ2n) is 26.5. The number of ether oxygens (including phenoxy) is 14. The monoisotopic (exact) mass is 1280 g/mol. The Hall–Kier alpha value is -3.12. The minimum absolute atomic E-state index is 0.0391. The highest BCUT2D eigenvalue weighted by Gasteiger charge is 2.81. The summed E-state index contributed by atoms with van der Waals surface area (Å²) in [7, 11) is 4.40. The third kappa shape index (κ3) is 12.4. The van der Waals surface area contributed by atoms with Gasteiger partial charge in [-0.25, -0.2) is 4.79 Å². The van der Waals surface area contributed by atoms with Gasteiger partial charge in [0.25, 0.3) is 0 Å². The Bertz CT molecular complexity index is 2670. The third-order valence-electron chi connectivity index (χ3n) is 21.7. The fourth-order valence-electron chi connectivity index (χ4n) is 16.3. The first-order chi connectivity index (χ1) is 42.6. The van der Waals surface area contributed by atoms with E-state index in [-0.39, 0.29) is 38.2 Å². The summed E-state index contributed by atoms with van der Waals surface area (Å²) in [5.41, 5.74) is -6.54. The van der Waals surface area contributed by atoms with Gasteiger partial charge in [0.1, 0.15) is 102 Å². The Morgan fingerprint density at radius 3 is 1.79 bits per heavy atom. The van der Waals surface area contributed by atoms with Gasteiger partial charge in [-0.3, -0.25) is 4.79 Å². The second-order valence-corrected chi connectivity index (χ2v) is 26.5. The van der Waals surface area contributed by atoms with Crippen molar-refractivity contribution < 1.29 is 132 Å². The Labute approximate surface area is 522 Å². The lowest BCUT2D eigenvalue weighted by atomic mass is 9.42. The molecule has 27 heteroatoms. The van der Waals surface area contributed by atoms with Crippen LogP contribution in [0.1, 0.15) is 105 Å². The van der Waals surface area contributed by atoms with Crippen LogP contribution in [0.25, 0.3) is 6.08 Å². The fourth-order valence-corrected chi connectivity index (χ4v) is 16.3. The first kappa shape index (κ1) is 69.7. The number of carbonyl (C=O) groups is 2. The SMILES string of the molecule is CO[C@H]1[C@H](O)[C@@H](O[C@H]2[C@@H](OC)C[C@H](O[C@@H]3[C@@H](C)O[C@@H](O[C@@H]4CC[C@@]5(C)C(=CC[C@@]6(O)[C@@H]5C[C@H](OC(=O)C=Cc5ccccc5)[C@@]5(C)[C@@]6(O)CC[C@@]5(O)C(C)=O)C4)C[C@H]3OC)O[C@@H]2C)O[C@@H](C)[C@@H]1O[C@H]1O[C@@H](CO)[C@H](O[C@@H]2O[C@@H](CO)[C@H](O)[C@@H](O)[C@H]2O)[C@H](O)[C@H]1O. The average Bonchev–Trinajstić information content (AvgIpc) is 1.33. The highest BCUT2D eigenvalue weighted by atomic mass is 16.8. The highest BCUT2D eigenvalue weighted by Crippen LogP contribution is 2.71. The molecule has 0 amide bonds. The van der Waals surface area contributed by atoms with Crippen LogP contribution in [0.15, 0.2) is 48.1 Å². The van der Waals surface area contributed by atoms with E-state index in [9.17, 15) is 65.8 Å². The zero-order valence-corrected chi connectivity index (χ0v) is 52.4. The number of carbonyl (C=O) groups excluding carboxylic acids is 2. The molecule has 90 heavy (non-hydrogen) atoms. The van der Waals surface area contributed by atoms with Crippen molar-refractivity contribution in [3.63, 3.8) is 0 Å². The van der Waals surface area contributed by atoms with E-state index in [4.69, 9.17) is 66.3 Å². The van der Waals surface area contributed by atoms with Crippen molar-refractivity contribution in [3.8, 4) is 0 Å². The minimum Gasteiger partial charge on any atom is -0.458 e. The Kier molecular flexibility index (Phi) is 21.3. The summed E-state index contributed by atoms with van der Waals surface area (Å²) in [6.07, 6.45) is -23.0. The summed E-state index contributed by atoms with van der Waals surface area (Å²) in [5.74, 6) is -1.91. The molecule has 5 aliphatic heterocycles. The lowest BCUT2D eigenvalue weighted by molar-refractivity contribution is -0.385. The molecule has 11 N–H and O–H groups in total. The van der Waals surface area contributed by atoms with E-state index in [2.05, 4.69) is 6.92 Å². The zero-order valence-electron chi connectivity index (χ0n) is 52.4. The molecule has 1 aromatic carbocycles. The van der Waals surface area contributed by atoms with Gasteiger partial charge in [-0.1, -0.05) is 48.9 Å². The summed E-state index contributed by atoms with van der Waals surface area (Å²) in [4.78, 5) is 27.0. The Balaban J connectivity index is 0.736. The standard InChI is InChI=1S/C63H94O27/c1-29-51(87-44-25-37(78-8)52(30(2)81-44)88-58-50(73)55(79-9)53(31(3)82-58)89-57-49(72)47(70)54(39(28-65)85-57)90-56-48(71)46(69)45(68)38(27-64)84-56)36(77-7)24-43(80-29)83-35-18-19-59(5)34(23-35)17-20-62(75)40(59)26-41(86-42(67)16-15-33-13-11-10-12-14-33)60(6)61(74,32(4)66)21-22-63(60,62)76/h10-17,29-31,35-41,43-58,64-65,68-76H,18-28H2,1-9H3/t29-,30-,31+,35-,36-,37+,38+,39+,40-,41+,43+,44+,45+,46-,47-,48-,49-,50+,51-,52-,53+,54+,55+,56+,57-,58-,59+,60-,61-,62-,63+/m1/s1. The average molecular weight is 1280 g/mol. The summed E-state index contributed by atoms with van der Waals surface area (Å²) in [6.45, 7) is 8.56. The van der Waals surface area contributed by atoms with Crippen LogP contribution in [0.4, 0.5) is 0 Å². The van der Waals surface area contributed by atoms with Crippen LogP contribution in [0.3, 0.4) is 0 Å². The van der Waals surface area contributed by atoms with E-state index >= 15 is 0 Å². The topological polar surface area (TPSA) is 386 Å². The molecule has 1 aromatic rings. The van der Waals surface area contributed by atoms with E-state index in [1.165, 1.54) is 27.2 Å². The number of methoxy groups -OCH3 is 3. The molecule has 8 fully saturated rings. The summed E-state index contributed by atoms with van der Waals surface area (Å²) in [5, 5.41) is 123. The molecule has 27 nitrogen and oxygen atoms in total. The van der Waals surface area contributed by atoms with Gasteiger partial charge >= 0.3 is 5.97 Å². The van der Waals surface area contributed by atoms with Crippen LogP contribution >= 0.6 is 0 Å². The molecule has 31 atom stereocenters. The van der Waals surface area contributed by atoms with Gasteiger partial charge < -0.3 is 122 Å². The molecule has 0 bridgehead atoms. The van der Waals surface area contributed by atoms with E-state index < -0.39 is 206 Å². The normalized spacial score (nSPS) is 49.7. The van der Waals surface area contributed by atoms with Crippen molar-refractivity contribution in [2.75, 3.05) is 34.5 Å². The molecule has 10 rings (SSSR count). The number of aliphatic hydroxyl groups is 11. The maximum absolute atomic E-state index is 13.7. The van der Waals surface area contributed by atoms with Crippen LogP contribution < -0.4 is 0 Å². The smallest absolute Gasteiger partial charge is 0.331 e. The van der Waals surface area contributed by atoms with Crippen molar-refractivity contribution in [3.05, 3.63) is 53.6 Å². The predicted molar refractivity (Wildman–Crippen MR) is 308 cm³/mol. The first-order valence-electron chi connectivity index (χ1n) is 31.4. The largest absolute Gasteiger partial charge is 0.458 e. The van der Waals surface area contributed by atoms with Crippen molar-refractivity contribution in [1.82, 2.24) is 0 Å². The Morgan fingerprint density at radius 1 is 0.611 bits per heavy atom. The number of Topliss-reactive ketones (excluding diaryl/α,β-unsaturated/α-hetero) is 1. The fraction of sp³-hybridized carbons (Fsp3) is 0.810. The number of hydrogen-bond donors (Lipinski definition) is 11. The molecule has 4 aliphatic carbocycles. The molecule has 0 unspecified atom stereocenters. The summed E-state index contributed by atoms with van der Waals surface area (Å²) >= 11 is 0. The molecular weight excluding hydrogens is 1190 g/mol. The first-order valence-corrected chi connectivity index (χ1v) is 31.4. The molecule has 5 saturated heterocycles. The maximum Gasteiger partial charge on any atom is 0.331 e. The van der Waals surface area contributed by atoms with E-state index in [0.717, 1.165) is 11.1 Å². The summed E-state index contributed by atoms with van der Waals surface area (Å²) in [6, 6.07) is 9.20. The molecule has 3 saturated carbocycles. The quantitative estimate of drug-likeness (QED) is 0.0464. The minimum atomic E-state index is -2.08. The van der Waals surface area contributed by atoms with Crippen LogP contribution in [0, 0.1) is 16.7 Å². The van der Waals surface area contributed by atoms with Crippen LogP contribution in [0.2, 0.25) is 0 Å². The van der Waals surface area contributed by atoms with E-state index in [1.807, 2.05) is 43.3 Å². The number of benzene rings is 1. The molecule has 9 aliphatic rings. The predicted octanol–water partition coefficient (Wildman–Crippen LogP) is -0.680. The number of hydrogen-bond acceptors (Lipinski definition) is 27. The number of rotatable bonds is 19. The zero-order chi connectivity index (χ0) is 65.2. The van der Waals surface area contributed by atoms with Crippen molar-refractivity contribution in [1.29, 1.82) is 0 Å². The lowest BCUT2D eigenvalue weighted by Crippen LogP contribution is -2.78. The number of aliphatic hydroxyl groups excluding tert-OH is 8. The van der Waals surface area contributed by atoms with Crippen molar-refractivity contribution in [2.24, 2.45) is 16.7 Å². The Morgan fingerprint density at radius 2 is 1.18 bits per heavy atom. The highest BCUT2D eigenvalue weighted by molar-refractivity contribution is 5.89. The van der Waals surface area contributed by atoms with Crippen molar-refractivity contribution in [2.45, 2.75) is 270 Å². The maximum atomic E-state index is 13.7. The molecule has 5 heterocycles. The molecule has 0 aromatic heterocycles. The second kappa shape index (κ2) is 27.5. The molecular formula is C63H94O27. The van der Waals surface area contributed by atoms with Gasteiger partial charge in [-0.15, -0.1) is 0 Å². The van der Waals surface area contributed by atoms with Gasteiger partial charge in [0.15, 0.2) is 37.2 Å². The summed E-state index contributed by atoms with van der Waals surface area (Å²) < 4.78 is 86.0. The van der Waals surface area contributed by atoms with Gasteiger partial charge in [0.2, 0.25) is 0 Å². The van der Waals surface area contributed by atoms with Gasteiger partial charge in [0, 0.05) is 46.2 Å². The van der Waals surface area contributed by atoms with Gasteiger partial charge in [0.05, 0.1) is 55.3 Å². The third-order valence-corrected chi connectivity index (χ3v) is 21.7. The lowest BCUT2D eigenvalue weighted by Gasteiger charge is -2.67. The van der Waals surface area contributed by atoms with Crippen LogP contribution in [0.5, 0.6) is 0 Å². The molecule has 0 spiro atoms. The van der Waals surface area contributed by atoms with Crippen molar-refractivity contribution >= 4 is 17.8 Å². The van der Waals surface area contributed by atoms with Gasteiger partial charge in [-0.2, -0.15) is 0 Å². The van der Waals surface area contributed by atoms with E-state index in [1.54, 1.807) is 34.0 Å². The number of esters is 1. The number of fused-ring (bicyclic) bond motifs is 5. The van der Waals surface area contributed by atoms with Crippen LogP contribution in [-0.4, -0.2) is 273 Å². The number of ketones is 1. The van der Waals surface area contributed by atoms with E-state index in [0.29, 0.717) is 25.7 Å². The molecule has 0 radical (unpaired) electrons.